The molecule has 0 unspecified atom stereocenters. The molecule has 24 heavy (non-hydrogen) atoms. The molecule has 0 saturated heterocycles. The van der Waals surface area contributed by atoms with Crippen molar-refractivity contribution in [2.24, 2.45) is 0 Å². The highest BCUT2D eigenvalue weighted by Crippen LogP contribution is 2.48. The van der Waals surface area contributed by atoms with Crippen LogP contribution in [0.1, 0.15) is 37.9 Å². The van der Waals surface area contributed by atoms with Gasteiger partial charge in [0.15, 0.2) is 6.10 Å². The number of carbonyl (C=O) groups is 1. The van der Waals surface area contributed by atoms with Gasteiger partial charge in [-0.15, -0.1) is 0 Å². The second-order valence-corrected chi connectivity index (χ2v) is 6.98. The Kier molecular flexibility index (Phi) is 5.11. The summed E-state index contributed by atoms with van der Waals surface area (Å²) >= 11 is 1.62. The van der Waals surface area contributed by atoms with Gasteiger partial charge >= 0.3 is 5.97 Å². The van der Waals surface area contributed by atoms with Gasteiger partial charge in [0, 0.05) is 16.3 Å². The molecule has 1 aliphatic heterocycles. The Hall–Kier alpha value is -1.98. The quantitative estimate of drug-likeness (QED) is 0.751. The lowest BCUT2D eigenvalue weighted by Crippen LogP contribution is -2.22. The van der Waals surface area contributed by atoms with E-state index in [1.54, 1.807) is 23.9 Å². The van der Waals surface area contributed by atoms with Crippen LogP contribution >= 0.6 is 11.8 Å². The first-order chi connectivity index (χ1) is 11.6. The Labute approximate surface area is 146 Å². The average Bonchev–Trinajstić information content (AvgIpc) is 2.60. The Balaban J connectivity index is 1.98. The van der Waals surface area contributed by atoms with E-state index >= 15 is 0 Å². The molecule has 0 aromatic heterocycles. The number of aliphatic carboxylic acids is 1. The number of rotatable bonds is 6. The normalized spacial score (nSPS) is 14.0. The molecule has 3 rings (SSSR count). The number of fused-ring (bicyclic) bond motifs is 2. The second-order valence-electron chi connectivity index (χ2n) is 5.90. The standard InChI is InChI=1S/C19H21NO3S/c1-2-3-6-11-20-14-7-4-5-8-16(14)24-17-12-13(9-10-15(17)20)18(21)19(22)23/h4-5,7-10,12,18,21H,2-3,6,11H2,1H3,(H,22,23)/t18-/m0/s1. The van der Waals surface area contributed by atoms with Crippen molar-refractivity contribution in [2.75, 3.05) is 11.4 Å². The van der Waals surface area contributed by atoms with Crippen LogP contribution in [0, 0.1) is 0 Å². The minimum absolute atomic E-state index is 0.418. The summed E-state index contributed by atoms with van der Waals surface area (Å²) in [6, 6.07) is 13.7. The van der Waals surface area contributed by atoms with E-state index in [0.717, 1.165) is 28.4 Å². The van der Waals surface area contributed by atoms with E-state index < -0.39 is 12.1 Å². The number of anilines is 2. The second kappa shape index (κ2) is 7.28. The van der Waals surface area contributed by atoms with Crippen LogP contribution in [0.15, 0.2) is 52.3 Å². The highest BCUT2D eigenvalue weighted by molar-refractivity contribution is 7.99. The predicted octanol–water partition coefficient (Wildman–Crippen LogP) is 4.60. The van der Waals surface area contributed by atoms with Gasteiger partial charge < -0.3 is 15.1 Å². The molecule has 0 fully saturated rings. The highest BCUT2D eigenvalue weighted by Gasteiger charge is 2.25. The van der Waals surface area contributed by atoms with Crippen molar-refractivity contribution in [1.29, 1.82) is 0 Å². The number of nitrogens with zero attached hydrogens (tertiary/aromatic N) is 1. The summed E-state index contributed by atoms with van der Waals surface area (Å²) in [6.45, 7) is 3.12. The zero-order valence-electron chi connectivity index (χ0n) is 13.6. The van der Waals surface area contributed by atoms with E-state index in [0.29, 0.717) is 5.56 Å². The smallest absolute Gasteiger partial charge is 0.337 e. The van der Waals surface area contributed by atoms with Crippen molar-refractivity contribution >= 4 is 29.1 Å². The minimum Gasteiger partial charge on any atom is -0.479 e. The molecule has 0 saturated carbocycles. The zero-order chi connectivity index (χ0) is 17.1. The number of aliphatic hydroxyl groups excluding tert-OH is 1. The number of benzene rings is 2. The molecule has 4 nitrogen and oxygen atoms in total. The Morgan fingerprint density at radius 3 is 2.62 bits per heavy atom. The molecule has 0 aliphatic carbocycles. The van der Waals surface area contributed by atoms with Crippen molar-refractivity contribution in [3.8, 4) is 0 Å². The van der Waals surface area contributed by atoms with Gasteiger partial charge in [0.2, 0.25) is 0 Å². The molecule has 1 aliphatic rings. The Morgan fingerprint density at radius 2 is 1.88 bits per heavy atom. The highest BCUT2D eigenvalue weighted by atomic mass is 32.2. The van der Waals surface area contributed by atoms with Gasteiger partial charge in [0.25, 0.3) is 0 Å². The predicted molar refractivity (Wildman–Crippen MR) is 96.1 cm³/mol. The maximum absolute atomic E-state index is 11.0. The van der Waals surface area contributed by atoms with Crippen molar-refractivity contribution in [3.63, 3.8) is 0 Å². The molecule has 0 amide bonds. The summed E-state index contributed by atoms with van der Waals surface area (Å²) in [5.41, 5.74) is 2.69. The van der Waals surface area contributed by atoms with E-state index in [1.807, 2.05) is 18.2 Å². The average molecular weight is 343 g/mol. The summed E-state index contributed by atoms with van der Waals surface area (Å²) in [7, 11) is 0. The van der Waals surface area contributed by atoms with Gasteiger partial charge in [0.1, 0.15) is 0 Å². The summed E-state index contributed by atoms with van der Waals surface area (Å²) in [5, 5.41) is 18.8. The van der Waals surface area contributed by atoms with Crippen LogP contribution in [0.2, 0.25) is 0 Å². The van der Waals surface area contributed by atoms with Crippen molar-refractivity contribution in [3.05, 3.63) is 48.0 Å². The van der Waals surface area contributed by atoms with E-state index in [9.17, 15) is 9.90 Å². The van der Waals surface area contributed by atoms with Crippen LogP contribution in [-0.4, -0.2) is 22.7 Å². The molecule has 2 aromatic rings. The lowest BCUT2D eigenvalue weighted by atomic mass is 10.1. The van der Waals surface area contributed by atoms with Crippen LogP contribution in [0.4, 0.5) is 11.4 Å². The molecule has 1 atom stereocenters. The van der Waals surface area contributed by atoms with Gasteiger partial charge in [-0.3, -0.25) is 0 Å². The first kappa shape index (κ1) is 16.9. The molecule has 2 aromatic carbocycles. The summed E-state index contributed by atoms with van der Waals surface area (Å²) < 4.78 is 0. The van der Waals surface area contributed by atoms with Crippen molar-refractivity contribution in [1.82, 2.24) is 0 Å². The molecule has 126 valence electrons. The fourth-order valence-electron chi connectivity index (χ4n) is 2.92. The number of carboxylic acid groups (broad SMARTS) is 1. The molecule has 5 heteroatoms. The van der Waals surface area contributed by atoms with Crippen molar-refractivity contribution in [2.45, 2.75) is 42.1 Å². The van der Waals surface area contributed by atoms with E-state index in [-0.39, 0.29) is 0 Å². The van der Waals surface area contributed by atoms with Crippen LogP contribution in [0.3, 0.4) is 0 Å². The molecule has 0 spiro atoms. The molecular formula is C19H21NO3S. The summed E-state index contributed by atoms with van der Waals surface area (Å²) in [6.07, 6.45) is 1.97. The van der Waals surface area contributed by atoms with Crippen LogP contribution in [0.5, 0.6) is 0 Å². The minimum atomic E-state index is -1.48. The monoisotopic (exact) mass is 343 g/mol. The van der Waals surface area contributed by atoms with Gasteiger partial charge in [-0.1, -0.05) is 49.7 Å². The summed E-state index contributed by atoms with van der Waals surface area (Å²) in [4.78, 5) is 15.5. The van der Waals surface area contributed by atoms with E-state index in [2.05, 4.69) is 24.0 Å². The molecular weight excluding hydrogens is 322 g/mol. The number of hydrogen-bond donors (Lipinski definition) is 2. The third kappa shape index (κ3) is 3.28. The van der Waals surface area contributed by atoms with Gasteiger partial charge in [-0.05, 0) is 36.2 Å². The SMILES string of the molecule is CCCCCN1c2ccccc2Sc2cc([C@H](O)C(=O)O)ccc21. The van der Waals surface area contributed by atoms with Crippen LogP contribution < -0.4 is 4.90 Å². The number of aliphatic hydroxyl groups is 1. The van der Waals surface area contributed by atoms with Crippen molar-refractivity contribution < 1.29 is 15.0 Å². The maximum Gasteiger partial charge on any atom is 0.337 e. The molecule has 2 N–H and O–H groups in total. The van der Waals surface area contributed by atoms with E-state index in [1.165, 1.54) is 18.5 Å². The van der Waals surface area contributed by atoms with Gasteiger partial charge in [-0.25, -0.2) is 4.79 Å². The van der Waals surface area contributed by atoms with Crippen LogP contribution in [-0.2, 0) is 4.79 Å². The first-order valence-corrected chi connectivity index (χ1v) is 9.02. The zero-order valence-corrected chi connectivity index (χ0v) is 14.4. The van der Waals surface area contributed by atoms with Crippen LogP contribution in [0.25, 0.3) is 0 Å². The Bertz CT molecular complexity index is 747. The summed E-state index contributed by atoms with van der Waals surface area (Å²) in [5.74, 6) is -1.23. The van der Waals surface area contributed by atoms with Gasteiger partial charge in [-0.2, -0.15) is 0 Å². The Morgan fingerprint density at radius 1 is 1.12 bits per heavy atom. The number of hydrogen-bond acceptors (Lipinski definition) is 4. The lowest BCUT2D eigenvalue weighted by molar-refractivity contribution is -0.146. The lowest BCUT2D eigenvalue weighted by Gasteiger charge is -2.33. The fourth-order valence-corrected chi connectivity index (χ4v) is 4.07. The molecule has 1 heterocycles. The maximum atomic E-state index is 11.0. The molecule has 0 bridgehead atoms. The molecule has 0 radical (unpaired) electrons. The third-order valence-corrected chi connectivity index (χ3v) is 5.30. The van der Waals surface area contributed by atoms with E-state index in [4.69, 9.17) is 5.11 Å². The van der Waals surface area contributed by atoms with Gasteiger partial charge in [0.05, 0.1) is 11.4 Å². The number of para-hydroxylation sites is 1. The number of unbranched alkanes of at least 4 members (excludes halogenated alkanes) is 2. The fraction of sp³-hybridized carbons (Fsp3) is 0.316. The third-order valence-electron chi connectivity index (χ3n) is 4.19. The topological polar surface area (TPSA) is 60.8 Å². The first-order valence-electron chi connectivity index (χ1n) is 8.21. The largest absolute Gasteiger partial charge is 0.479 e. The number of carboxylic acids is 1.